The molecule has 0 aliphatic heterocycles. The van der Waals surface area contributed by atoms with Gasteiger partial charge >= 0.3 is 0 Å². The molecule has 0 aliphatic rings. The first-order chi connectivity index (χ1) is 8.31. The lowest BCUT2D eigenvalue weighted by atomic mass is 9.82. The van der Waals surface area contributed by atoms with Crippen molar-refractivity contribution in [3.05, 3.63) is 0 Å². The van der Waals surface area contributed by atoms with Crippen molar-refractivity contribution in [3.63, 3.8) is 0 Å². The first-order valence-electron chi connectivity index (χ1n) is 7.28. The topological polar surface area (TPSA) is 55.1 Å². The van der Waals surface area contributed by atoms with E-state index < -0.39 is 0 Å². The molecule has 1 amide bonds. The highest BCUT2D eigenvalue weighted by Gasteiger charge is 2.20. The summed E-state index contributed by atoms with van der Waals surface area (Å²) in [5.74, 6) is 1.27. The molecule has 0 heterocycles. The Balaban J connectivity index is 3.84. The summed E-state index contributed by atoms with van der Waals surface area (Å²) >= 11 is 0. The zero-order chi connectivity index (χ0) is 14.2. The van der Waals surface area contributed by atoms with E-state index >= 15 is 0 Å². The monoisotopic (exact) mass is 256 g/mol. The van der Waals surface area contributed by atoms with Crippen LogP contribution in [0.25, 0.3) is 0 Å². The molecule has 0 saturated heterocycles. The van der Waals surface area contributed by atoms with Crippen molar-refractivity contribution in [2.75, 3.05) is 13.1 Å². The van der Waals surface area contributed by atoms with Crippen LogP contribution >= 0.6 is 0 Å². The Morgan fingerprint density at radius 2 is 1.89 bits per heavy atom. The van der Waals surface area contributed by atoms with Crippen LogP contribution in [0.4, 0.5) is 0 Å². The van der Waals surface area contributed by atoms with Gasteiger partial charge in [-0.1, -0.05) is 41.0 Å². The van der Waals surface area contributed by atoms with Crippen LogP contribution in [0.1, 0.15) is 60.3 Å². The van der Waals surface area contributed by atoms with E-state index in [1.165, 1.54) is 0 Å². The highest BCUT2D eigenvalue weighted by atomic mass is 16.1. The third kappa shape index (κ3) is 7.70. The largest absolute Gasteiger partial charge is 0.356 e. The van der Waals surface area contributed by atoms with Crippen molar-refractivity contribution in [2.24, 2.45) is 23.0 Å². The van der Waals surface area contributed by atoms with Crippen LogP contribution in [0.15, 0.2) is 0 Å². The average Bonchev–Trinajstić information content (AvgIpc) is 2.30. The predicted molar refractivity (Wildman–Crippen MR) is 78.3 cm³/mol. The summed E-state index contributed by atoms with van der Waals surface area (Å²) in [4.78, 5) is 11.8. The molecule has 2 atom stereocenters. The number of nitrogens with one attached hydrogen (secondary N) is 1. The number of nitrogens with two attached hydrogens (primary N) is 1. The Hall–Kier alpha value is -0.570. The van der Waals surface area contributed by atoms with Crippen molar-refractivity contribution >= 4 is 5.91 Å². The van der Waals surface area contributed by atoms with Gasteiger partial charge in [-0.05, 0) is 36.6 Å². The molecule has 0 spiro atoms. The zero-order valence-electron chi connectivity index (χ0n) is 12.9. The standard InChI is InChI=1S/C15H32N2O/c1-6-13(9-10-16)7-8-14(18)17-11-12(2)15(3,4)5/h12-13H,6-11,16H2,1-5H3,(H,17,18). The molecule has 0 rings (SSSR count). The number of amides is 1. The fourth-order valence-electron chi connectivity index (χ4n) is 1.79. The predicted octanol–water partition coefficient (Wildman–Crippen LogP) is 2.94. The quantitative estimate of drug-likeness (QED) is 0.701. The summed E-state index contributed by atoms with van der Waals surface area (Å²) in [5, 5.41) is 3.04. The van der Waals surface area contributed by atoms with Crippen LogP contribution in [-0.4, -0.2) is 19.0 Å². The van der Waals surface area contributed by atoms with Gasteiger partial charge in [-0.25, -0.2) is 0 Å². The number of hydrogen-bond acceptors (Lipinski definition) is 2. The number of hydrogen-bond donors (Lipinski definition) is 2. The van der Waals surface area contributed by atoms with Crippen LogP contribution in [0, 0.1) is 17.3 Å². The maximum atomic E-state index is 11.8. The van der Waals surface area contributed by atoms with E-state index in [0.717, 1.165) is 32.4 Å². The summed E-state index contributed by atoms with van der Waals surface area (Å²) in [7, 11) is 0. The molecule has 0 radical (unpaired) electrons. The fraction of sp³-hybridized carbons (Fsp3) is 0.933. The number of carbonyl (C=O) groups is 1. The molecule has 2 unspecified atom stereocenters. The van der Waals surface area contributed by atoms with Gasteiger partial charge in [0.15, 0.2) is 0 Å². The molecule has 0 aromatic carbocycles. The maximum absolute atomic E-state index is 11.8. The molecule has 0 aromatic rings. The van der Waals surface area contributed by atoms with Crippen molar-refractivity contribution in [3.8, 4) is 0 Å². The van der Waals surface area contributed by atoms with E-state index in [9.17, 15) is 4.79 Å². The molecule has 0 aliphatic carbocycles. The number of carbonyl (C=O) groups excluding carboxylic acids is 1. The molecular formula is C15H32N2O. The van der Waals surface area contributed by atoms with Crippen LogP contribution in [0.5, 0.6) is 0 Å². The second-order valence-corrected chi connectivity index (χ2v) is 6.46. The van der Waals surface area contributed by atoms with Gasteiger partial charge in [0, 0.05) is 13.0 Å². The normalized spacial score (nSPS) is 15.2. The molecule has 3 heteroatoms. The lowest BCUT2D eigenvalue weighted by Crippen LogP contribution is -2.33. The maximum Gasteiger partial charge on any atom is 0.220 e. The van der Waals surface area contributed by atoms with Crippen LogP contribution in [0.3, 0.4) is 0 Å². The summed E-state index contributed by atoms with van der Waals surface area (Å²) in [6.07, 6.45) is 3.74. The minimum atomic E-state index is 0.182. The Morgan fingerprint density at radius 1 is 1.28 bits per heavy atom. The lowest BCUT2D eigenvalue weighted by molar-refractivity contribution is -0.121. The Labute approximate surface area is 113 Å². The highest BCUT2D eigenvalue weighted by molar-refractivity contribution is 5.75. The van der Waals surface area contributed by atoms with E-state index in [1.807, 2.05) is 0 Å². The molecule has 0 fully saturated rings. The van der Waals surface area contributed by atoms with Gasteiger partial charge in [-0.3, -0.25) is 4.79 Å². The smallest absolute Gasteiger partial charge is 0.220 e. The van der Waals surface area contributed by atoms with Crippen molar-refractivity contribution < 1.29 is 4.79 Å². The van der Waals surface area contributed by atoms with Gasteiger partial charge in [-0.2, -0.15) is 0 Å². The molecule has 0 bridgehead atoms. The zero-order valence-corrected chi connectivity index (χ0v) is 12.9. The van der Waals surface area contributed by atoms with Crippen molar-refractivity contribution in [2.45, 2.75) is 60.3 Å². The second kappa shape index (κ2) is 8.52. The average molecular weight is 256 g/mol. The minimum Gasteiger partial charge on any atom is -0.356 e. The second-order valence-electron chi connectivity index (χ2n) is 6.46. The molecule has 18 heavy (non-hydrogen) atoms. The van der Waals surface area contributed by atoms with Crippen LogP contribution in [-0.2, 0) is 4.79 Å². The Morgan fingerprint density at radius 3 is 2.33 bits per heavy atom. The minimum absolute atomic E-state index is 0.182. The fourth-order valence-corrected chi connectivity index (χ4v) is 1.79. The first-order valence-corrected chi connectivity index (χ1v) is 7.28. The summed E-state index contributed by atoms with van der Waals surface area (Å²) in [6, 6.07) is 0. The van der Waals surface area contributed by atoms with Gasteiger partial charge in [0.1, 0.15) is 0 Å². The third-order valence-electron chi connectivity index (χ3n) is 4.02. The van der Waals surface area contributed by atoms with Crippen LogP contribution in [0.2, 0.25) is 0 Å². The SMILES string of the molecule is CCC(CCN)CCC(=O)NCC(C)C(C)(C)C. The van der Waals surface area contributed by atoms with Crippen LogP contribution < -0.4 is 11.1 Å². The van der Waals surface area contributed by atoms with Gasteiger partial charge in [0.05, 0.1) is 0 Å². The van der Waals surface area contributed by atoms with E-state index in [-0.39, 0.29) is 11.3 Å². The first kappa shape index (κ1) is 17.4. The molecule has 3 N–H and O–H groups in total. The third-order valence-corrected chi connectivity index (χ3v) is 4.02. The summed E-state index contributed by atoms with van der Waals surface area (Å²) in [5.41, 5.74) is 5.81. The highest BCUT2D eigenvalue weighted by Crippen LogP contribution is 2.24. The molecule has 108 valence electrons. The molecular weight excluding hydrogens is 224 g/mol. The summed E-state index contributed by atoms with van der Waals surface area (Å²) < 4.78 is 0. The summed E-state index contributed by atoms with van der Waals surface area (Å²) in [6.45, 7) is 12.5. The molecule has 0 saturated carbocycles. The van der Waals surface area contributed by atoms with Gasteiger partial charge in [0.25, 0.3) is 0 Å². The molecule has 0 aromatic heterocycles. The van der Waals surface area contributed by atoms with Crippen molar-refractivity contribution in [1.29, 1.82) is 0 Å². The Kier molecular flexibility index (Phi) is 8.25. The molecule has 3 nitrogen and oxygen atoms in total. The Bertz CT molecular complexity index is 233. The van der Waals surface area contributed by atoms with Crippen molar-refractivity contribution in [1.82, 2.24) is 5.32 Å². The van der Waals surface area contributed by atoms with E-state index in [1.54, 1.807) is 0 Å². The number of rotatable bonds is 8. The van der Waals surface area contributed by atoms with Gasteiger partial charge in [-0.15, -0.1) is 0 Å². The van der Waals surface area contributed by atoms with E-state index in [0.29, 0.717) is 18.3 Å². The van der Waals surface area contributed by atoms with Gasteiger partial charge in [0.2, 0.25) is 5.91 Å². The van der Waals surface area contributed by atoms with E-state index in [4.69, 9.17) is 5.73 Å². The van der Waals surface area contributed by atoms with Gasteiger partial charge < -0.3 is 11.1 Å². The van der Waals surface area contributed by atoms with E-state index in [2.05, 4.69) is 39.9 Å². The lowest BCUT2D eigenvalue weighted by Gasteiger charge is -2.27.